The fourth-order valence-electron chi connectivity index (χ4n) is 2.24. The first-order valence-electron chi connectivity index (χ1n) is 8.82. The number of hydrogen-bond acceptors (Lipinski definition) is 0. The zero-order valence-electron chi connectivity index (χ0n) is 16.8. The molecule has 0 aliphatic heterocycles. The van der Waals surface area contributed by atoms with Gasteiger partial charge in [-0.25, -0.2) is 0 Å². The van der Waals surface area contributed by atoms with Crippen molar-refractivity contribution in [3.05, 3.63) is 60.7 Å². The van der Waals surface area contributed by atoms with E-state index < -0.39 is 28.7 Å². The fraction of sp³-hybridized carbons (Fsp3) is 0.455. The SMILES string of the molecule is [CH3][Ge]([c]1ccccc1)[C](C)(C)C.[CH3][Ge]([c]1ccccc1)[C](C)(C)C. The molecule has 0 N–H and O–H groups in total. The molecule has 0 nitrogen and oxygen atoms in total. The van der Waals surface area contributed by atoms with Crippen molar-refractivity contribution in [1.29, 1.82) is 0 Å². The summed E-state index contributed by atoms with van der Waals surface area (Å²) in [6, 6.07) is 21.9. The van der Waals surface area contributed by atoms with E-state index in [2.05, 4.69) is 114 Å². The molecule has 2 aromatic carbocycles. The second kappa shape index (κ2) is 9.29. The van der Waals surface area contributed by atoms with Crippen LogP contribution in [0.2, 0.25) is 20.0 Å². The Morgan fingerprint density at radius 2 is 0.750 bits per heavy atom. The Balaban J connectivity index is 0.000000240. The molecule has 130 valence electrons. The number of hydrogen-bond donors (Lipinski definition) is 0. The topological polar surface area (TPSA) is 0 Å². The predicted molar refractivity (Wildman–Crippen MR) is 115 cm³/mol. The minimum atomic E-state index is -1.02. The van der Waals surface area contributed by atoms with Gasteiger partial charge >= 0.3 is 160 Å². The first-order valence-corrected chi connectivity index (χ1v) is 17.2. The molecule has 0 saturated heterocycles. The molecule has 0 fully saturated rings. The molecule has 0 unspecified atom stereocenters. The van der Waals surface area contributed by atoms with Gasteiger partial charge in [0.15, 0.2) is 0 Å². The van der Waals surface area contributed by atoms with Crippen molar-refractivity contribution in [1.82, 2.24) is 0 Å². The van der Waals surface area contributed by atoms with E-state index in [-0.39, 0.29) is 0 Å². The Morgan fingerprint density at radius 1 is 0.500 bits per heavy atom. The van der Waals surface area contributed by atoms with Crippen molar-refractivity contribution < 1.29 is 0 Å². The molecule has 0 bridgehead atoms. The summed E-state index contributed by atoms with van der Waals surface area (Å²) in [5, 5.41) is 0. The molecule has 24 heavy (non-hydrogen) atoms. The van der Waals surface area contributed by atoms with Gasteiger partial charge in [-0.3, -0.25) is 0 Å². The summed E-state index contributed by atoms with van der Waals surface area (Å²) in [6.45, 7) is 14.1. The van der Waals surface area contributed by atoms with Crippen LogP contribution in [0.4, 0.5) is 0 Å². The van der Waals surface area contributed by atoms with E-state index >= 15 is 0 Å². The first kappa shape index (κ1) is 21.6. The van der Waals surface area contributed by atoms with E-state index in [1.807, 2.05) is 0 Å². The second-order valence-electron chi connectivity index (χ2n) is 8.48. The molecule has 2 heteroatoms. The van der Waals surface area contributed by atoms with Crippen molar-refractivity contribution in [3.8, 4) is 0 Å². The van der Waals surface area contributed by atoms with Crippen molar-refractivity contribution in [2.45, 2.75) is 61.5 Å². The first-order chi connectivity index (χ1) is 11.0. The molecule has 2 aromatic rings. The van der Waals surface area contributed by atoms with E-state index in [0.29, 0.717) is 8.49 Å². The van der Waals surface area contributed by atoms with Crippen LogP contribution in [0.1, 0.15) is 41.5 Å². The van der Waals surface area contributed by atoms with Gasteiger partial charge in [-0.2, -0.15) is 0 Å². The summed E-state index contributed by atoms with van der Waals surface area (Å²) in [5.41, 5.74) is 0. The summed E-state index contributed by atoms with van der Waals surface area (Å²) in [7, 11) is 0. The normalized spacial score (nSPS) is 12.1. The molecule has 0 aliphatic carbocycles. The van der Waals surface area contributed by atoms with Crippen molar-refractivity contribution in [2.75, 3.05) is 0 Å². The van der Waals surface area contributed by atoms with Gasteiger partial charge in [0.05, 0.1) is 0 Å². The van der Waals surface area contributed by atoms with Crippen LogP contribution in [0, 0.1) is 0 Å². The van der Waals surface area contributed by atoms with Gasteiger partial charge in [0.2, 0.25) is 0 Å². The second-order valence-corrected chi connectivity index (χ2v) is 22.4. The minimum absolute atomic E-state index is 0.529. The van der Waals surface area contributed by atoms with Crippen molar-refractivity contribution in [2.24, 2.45) is 0 Å². The van der Waals surface area contributed by atoms with Gasteiger partial charge in [-0.15, -0.1) is 0 Å². The third kappa shape index (κ3) is 7.19. The van der Waals surface area contributed by atoms with Crippen LogP contribution in [0.25, 0.3) is 0 Å². The quantitative estimate of drug-likeness (QED) is 0.527. The Labute approximate surface area is 159 Å². The maximum atomic E-state index is 2.45. The van der Waals surface area contributed by atoms with Crippen LogP contribution in [0.3, 0.4) is 0 Å². The van der Waals surface area contributed by atoms with Crippen LogP contribution in [0.15, 0.2) is 60.7 Å². The summed E-state index contributed by atoms with van der Waals surface area (Å²) in [4.78, 5) is 0. The Bertz CT molecular complexity index is 521. The van der Waals surface area contributed by atoms with E-state index in [0.717, 1.165) is 0 Å². The van der Waals surface area contributed by atoms with Gasteiger partial charge in [0.1, 0.15) is 0 Å². The average molecular weight is 444 g/mol. The van der Waals surface area contributed by atoms with Gasteiger partial charge < -0.3 is 0 Å². The standard InChI is InChI=1S/2C11H17Ge/c2*1-11(2,3)12(4)10-8-6-5-7-9-10/h2*5-9H,1-4H3. The summed E-state index contributed by atoms with van der Waals surface area (Å²) in [6.07, 6.45) is 0. The molecular weight excluding hydrogens is 409 g/mol. The Hall–Kier alpha value is -0.474. The maximum absolute atomic E-state index is 2.45. The Kier molecular flexibility index (Phi) is 8.35. The van der Waals surface area contributed by atoms with Crippen LogP contribution in [-0.2, 0) is 0 Å². The van der Waals surface area contributed by atoms with Gasteiger partial charge in [0.25, 0.3) is 0 Å². The summed E-state index contributed by atoms with van der Waals surface area (Å²) in [5.74, 6) is 4.91. The van der Waals surface area contributed by atoms with E-state index in [1.165, 1.54) is 0 Å². The molecule has 0 amide bonds. The Morgan fingerprint density at radius 3 is 0.958 bits per heavy atom. The summed E-state index contributed by atoms with van der Waals surface area (Å²) >= 11 is -2.05. The zero-order valence-corrected chi connectivity index (χ0v) is 21.0. The predicted octanol–water partition coefficient (Wildman–Crippen LogP) is 5.64. The molecule has 0 saturated carbocycles. The van der Waals surface area contributed by atoms with Crippen LogP contribution in [0.5, 0.6) is 0 Å². The number of rotatable bonds is 2. The summed E-state index contributed by atoms with van der Waals surface area (Å²) < 4.78 is 4.26. The zero-order chi connectivity index (χ0) is 18.4. The van der Waals surface area contributed by atoms with E-state index in [9.17, 15) is 0 Å². The van der Waals surface area contributed by atoms with Crippen LogP contribution < -0.4 is 8.79 Å². The third-order valence-electron chi connectivity index (χ3n) is 4.66. The molecule has 0 spiro atoms. The van der Waals surface area contributed by atoms with E-state index in [4.69, 9.17) is 0 Å². The van der Waals surface area contributed by atoms with Crippen molar-refractivity contribution in [3.63, 3.8) is 0 Å². The molecule has 2 rings (SSSR count). The monoisotopic (exact) mass is 446 g/mol. The molecule has 0 heterocycles. The number of benzene rings is 2. The fourth-order valence-corrected chi connectivity index (χ4v) is 8.78. The van der Waals surface area contributed by atoms with Crippen molar-refractivity contribution >= 4 is 37.5 Å². The van der Waals surface area contributed by atoms with Gasteiger partial charge in [0, 0.05) is 0 Å². The van der Waals surface area contributed by atoms with Gasteiger partial charge in [-0.05, 0) is 0 Å². The van der Waals surface area contributed by atoms with Crippen LogP contribution >= 0.6 is 0 Å². The van der Waals surface area contributed by atoms with Gasteiger partial charge in [-0.1, -0.05) is 0 Å². The van der Waals surface area contributed by atoms with Crippen LogP contribution in [-0.4, -0.2) is 28.7 Å². The van der Waals surface area contributed by atoms with E-state index in [1.54, 1.807) is 8.79 Å². The third-order valence-corrected chi connectivity index (χ3v) is 19.1. The molecule has 0 atom stereocenters. The molecule has 0 aliphatic rings. The molecule has 2 radical (unpaired) electrons. The molecular formula is C22H34Ge2. The molecule has 0 aromatic heterocycles. The average Bonchev–Trinajstić information content (AvgIpc) is 2.54.